The Bertz CT molecular complexity index is 1360. The minimum absolute atomic E-state index is 0.0154. The summed E-state index contributed by atoms with van der Waals surface area (Å²) in [6.07, 6.45) is -8.25. The third-order valence-electron chi connectivity index (χ3n) is 5.48. The predicted molar refractivity (Wildman–Crippen MR) is 119 cm³/mol. The second-order valence-corrected chi connectivity index (χ2v) is 8.07. The van der Waals surface area contributed by atoms with Gasteiger partial charge >= 0.3 is 5.97 Å². The first-order valence-corrected chi connectivity index (χ1v) is 10.5. The topological polar surface area (TPSA) is 217 Å². The third-order valence-corrected chi connectivity index (χ3v) is 5.48. The summed E-state index contributed by atoms with van der Waals surface area (Å²) in [6.45, 7) is 0.556. The van der Waals surface area contributed by atoms with Crippen LogP contribution in [0.5, 0.6) is 28.7 Å². The number of hydrogen-bond acceptors (Lipinski definition) is 13. The van der Waals surface area contributed by atoms with E-state index in [-0.39, 0.29) is 16.9 Å². The van der Waals surface area contributed by atoms with Crippen LogP contribution in [0.2, 0.25) is 0 Å². The van der Waals surface area contributed by atoms with Gasteiger partial charge in [0.2, 0.25) is 17.5 Å². The molecule has 0 radical (unpaired) electrons. The maximum atomic E-state index is 13.3. The fourth-order valence-corrected chi connectivity index (χ4v) is 3.73. The van der Waals surface area contributed by atoms with E-state index in [0.717, 1.165) is 31.2 Å². The Morgan fingerprint density at radius 3 is 2.42 bits per heavy atom. The monoisotopic (exact) mass is 506 g/mol. The van der Waals surface area contributed by atoms with Gasteiger partial charge < -0.3 is 54.4 Å². The quantitative estimate of drug-likeness (QED) is 0.174. The lowest BCUT2D eigenvalue weighted by atomic mass is 10.1. The van der Waals surface area contributed by atoms with Crippen LogP contribution in [0.25, 0.3) is 22.3 Å². The standard InChI is InChI=1S/C23H22O13/c1-8(24)33-7-14(29)21-18(31)19(32)23(35-21)36-22-17(30)16-13(28)5-10(25)6-15(16)34-20(22)9-2-3-11(26)12(27)4-9/h2-6,14,18-19,21,23,25-29,31-32H,7H2,1H3/t14?,18-,19-,21-,23+/m1/s1. The molecule has 0 amide bonds. The van der Waals surface area contributed by atoms with Gasteiger partial charge in [0.05, 0.1) is 0 Å². The van der Waals surface area contributed by atoms with E-state index in [0.29, 0.717) is 0 Å². The van der Waals surface area contributed by atoms with Crippen molar-refractivity contribution in [1.82, 2.24) is 0 Å². The van der Waals surface area contributed by atoms with Gasteiger partial charge in [-0.15, -0.1) is 0 Å². The summed E-state index contributed by atoms with van der Waals surface area (Å²) in [4.78, 5) is 24.3. The average molecular weight is 506 g/mol. The van der Waals surface area contributed by atoms with Gasteiger partial charge in [0, 0.05) is 24.6 Å². The molecule has 4 rings (SSSR count). The summed E-state index contributed by atoms with van der Waals surface area (Å²) >= 11 is 0. The molecule has 2 heterocycles. The van der Waals surface area contributed by atoms with Gasteiger partial charge in [0.15, 0.2) is 17.3 Å². The van der Waals surface area contributed by atoms with Crippen LogP contribution in [-0.2, 0) is 14.3 Å². The molecular formula is C23H22O13. The number of rotatable bonds is 6. The zero-order chi connectivity index (χ0) is 26.3. The molecule has 0 aliphatic carbocycles. The Morgan fingerprint density at radius 2 is 1.75 bits per heavy atom. The van der Waals surface area contributed by atoms with E-state index in [9.17, 15) is 45.3 Å². The zero-order valence-electron chi connectivity index (χ0n) is 18.6. The van der Waals surface area contributed by atoms with Crippen molar-refractivity contribution in [2.24, 2.45) is 0 Å². The van der Waals surface area contributed by atoms with Crippen molar-refractivity contribution < 1.29 is 59.2 Å². The zero-order valence-corrected chi connectivity index (χ0v) is 18.6. The highest BCUT2D eigenvalue weighted by Crippen LogP contribution is 2.39. The van der Waals surface area contributed by atoms with E-state index in [1.807, 2.05) is 0 Å². The number of carbonyl (C=O) groups excluding carboxylic acids is 1. The second kappa shape index (κ2) is 9.54. The van der Waals surface area contributed by atoms with E-state index >= 15 is 0 Å². The molecule has 0 bridgehead atoms. The van der Waals surface area contributed by atoms with E-state index in [2.05, 4.69) is 4.74 Å². The molecule has 13 heteroatoms. The third kappa shape index (κ3) is 4.59. The van der Waals surface area contributed by atoms with Gasteiger partial charge in [-0.3, -0.25) is 9.59 Å². The Kier molecular flexibility index (Phi) is 6.65. The molecule has 1 aliphatic heterocycles. The number of phenols is 4. The molecule has 3 aromatic rings. The van der Waals surface area contributed by atoms with Crippen molar-refractivity contribution in [2.45, 2.75) is 37.6 Å². The largest absolute Gasteiger partial charge is 0.508 e. The molecule has 1 aromatic heterocycles. The molecule has 13 nitrogen and oxygen atoms in total. The van der Waals surface area contributed by atoms with Crippen LogP contribution in [-0.4, -0.2) is 79.0 Å². The summed E-state index contributed by atoms with van der Waals surface area (Å²) < 4.78 is 21.3. The van der Waals surface area contributed by atoms with Gasteiger partial charge in [-0.05, 0) is 18.2 Å². The normalized spacial score (nSPS) is 22.4. The number of aliphatic hydroxyl groups excluding tert-OH is 3. The summed E-state index contributed by atoms with van der Waals surface area (Å²) in [5.41, 5.74) is -1.21. The van der Waals surface area contributed by atoms with Gasteiger partial charge in [-0.1, -0.05) is 0 Å². The predicted octanol–water partition coefficient (Wildman–Crippen LogP) is 0.0319. The van der Waals surface area contributed by atoms with Gasteiger partial charge in [-0.25, -0.2) is 0 Å². The van der Waals surface area contributed by atoms with Crippen molar-refractivity contribution in [3.63, 3.8) is 0 Å². The van der Waals surface area contributed by atoms with E-state index in [1.54, 1.807) is 0 Å². The number of fused-ring (bicyclic) bond motifs is 1. The van der Waals surface area contributed by atoms with Crippen molar-refractivity contribution in [1.29, 1.82) is 0 Å². The summed E-state index contributed by atoms with van der Waals surface area (Å²) in [6, 6.07) is 5.35. The van der Waals surface area contributed by atoms with E-state index in [1.165, 1.54) is 6.07 Å². The minimum atomic E-state index is -1.79. The highest BCUT2D eigenvalue weighted by atomic mass is 16.7. The molecule has 1 aliphatic rings. The molecule has 192 valence electrons. The fourth-order valence-electron chi connectivity index (χ4n) is 3.73. The van der Waals surface area contributed by atoms with Crippen molar-refractivity contribution >= 4 is 16.9 Å². The van der Waals surface area contributed by atoms with E-state index in [4.69, 9.17) is 13.9 Å². The lowest BCUT2D eigenvalue weighted by Crippen LogP contribution is -2.41. The first-order valence-electron chi connectivity index (χ1n) is 10.5. The van der Waals surface area contributed by atoms with Gasteiger partial charge in [-0.2, -0.15) is 0 Å². The average Bonchev–Trinajstić information content (AvgIpc) is 3.09. The second-order valence-electron chi connectivity index (χ2n) is 8.07. The Balaban J connectivity index is 1.78. The Labute approximate surface area is 201 Å². The smallest absolute Gasteiger partial charge is 0.302 e. The van der Waals surface area contributed by atoms with Crippen molar-refractivity contribution in [3.8, 4) is 40.1 Å². The number of benzene rings is 2. The van der Waals surface area contributed by atoms with Crippen LogP contribution in [0.15, 0.2) is 39.5 Å². The summed E-state index contributed by atoms with van der Waals surface area (Å²) in [5.74, 6) is -3.77. The molecule has 1 unspecified atom stereocenters. The molecule has 0 spiro atoms. The lowest BCUT2D eigenvalue weighted by molar-refractivity contribution is -0.156. The molecule has 7 N–H and O–H groups in total. The van der Waals surface area contributed by atoms with Crippen LogP contribution in [0.1, 0.15) is 6.92 Å². The Hall–Kier alpha value is -4.04. The number of aromatic hydroxyl groups is 4. The number of ether oxygens (including phenoxy) is 3. The number of phenolic OH excluding ortho intramolecular Hbond substituents is 4. The molecule has 5 atom stereocenters. The minimum Gasteiger partial charge on any atom is -0.508 e. The molecule has 0 saturated carbocycles. The number of aliphatic hydroxyl groups is 3. The molecular weight excluding hydrogens is 484 g/mol. The number of esters is 1. The van der Waals surface area contributed by atoms with Crippen molar-refractivity contribution in [3.05, 3.63) is 40.6 Å². The fraction of sp³-hybridized carbons (Fsp3) is 0.304. The van der Waals surface area contributed by atoms with Crippen LogP contribution in [0, 0.1) is 0 Å². The van der Waals surface area contributed by atoms with Crippen molar-refractivity contribution in [2.75, 3.05) is 6.61 Å². The SMILES string of the molecule is CC(=O)OCC(O)[C@H]1O[C@@H](Oc2c(-c3ccc(O)c(O)c3)oc3cc(O)cc(O)c3c2=O)[C@H](O)[C@H]1O. The number of carbonyl (C=O) groups is 1. The van der Waals surface area contributed by atoms with Crippen LogP contribution in [0.3, 0.4) is 0 Å². The van der Waals surface area contributed by atoms with Crippen LogP contribution >= 0.6 is 0 Å². The van der Waals surface area contributed by atoms with Gasteiger partial charge in [0.1, 0.15) is 53.5 Å². The van der Waals surface area contributed by atoms with Crippen LogP contribution < -0.4 is 10.2 Å². The first-order chi connectivity index (χ1) is 17.0. The maximum Gasteiger partial charge on any atom is 0.302 e. The molecule has 36 heavy (non-hydrogen) atoms. The number of hydrogen-bond donors (Lipinski definition) is 7. The highest BCUT2D eigenvalue weighted by molar-refractivity contribution is 5.88. The highest BCUT2D eigenvalue weighted by Gasteiger charge is 2.48. The maximum absolute atomic E-state index is 13.3. The molecule has 1 saturated heterocycles. The summed E-state index contributed by atoms with van der Waals surface area (Å²) in [5, 5.41) is 70.2. The van der Waals surface area contributed by atoms with Gasteiger partial charge in [0.25, 0.3) is 0 Å². The summed E-state index contributed by atoms with van der Waals surface area (Å²) in [7, 11) is 0. The lowest BCUT2D eigenvalue weighted by Gasteiger charge is -2.20. The molecule has 1 fully saturated rings. The van der Waals surface area contributed by atoms with E-state index < -0.39 is 82.8 Å². The molecule has 2 aromatic carbocycles. The first kappa shape index (κ1) is 25.1. The van der Waals surface area contributed by atoms with Crippen LogP contribution in [0.4, 0.5) is 0 Å². The Morgan fingerprint density at radius 1 is 1.03 bits per heavy atom.